The number of benzene rings is 1. The van der Waals surface area contributed by atoms with Crippen LogP contribution in [0.4, 0.5) is 0 Å². The lowest BCUT2D eigenvalue weighted by Gasteiger charge is -2.16. The second-order valence-corrected chi connectivity index (χ2v) is 7.07. The highest BCUT2D eigenvalue weighted by Gasteiger charge is 2.18. The van der Waals surface area contributed by atoms with Gasteiger partial charge < -0.3 is 9.32 Å². The average Bonchev–Trinajstić information content (AvgIpc) is 3.26. The maximum Gasteiger partial charge on any atom is 0.227 e. The summed E-state index contributed by atoms with van der Waals surface area (Å²) in [4.78, 5) is 14.3. The fraction of sp³-hybridized carbons (Fsp3) is 0.316. The zero-order chi connectivity index (χ0) is 15.8. The monoisotopic (exact) mass is 325 g/mol. The van der Waals surface area contributed by atoms with Crippen LogP contribution in [-0.2, 0) is 30.6 Å². The van der Waals surface area contributed by atoms with Gasteiger partial charge in [0.15, 0.2) is 0 Å². The Morgan fingerprint density at radius 2 is 2.13 bits per heavy atom. The molecule has 1 aromatic carbocycles. The summed E-state index contributed by atoms with van der Waals surface area (Å²) in [5.41, 5.74) is 5.91. The number of hydrogen-bond donors (Lipinski definition) is 0. The molecule has 0 spiro atoms. The number of likely N-dealkylation sites (N-methyl/N-ethyl adjacent to an activating group) is 1. The summed E-state index contributed by atoms with van der Waals surface area (Å²) in [5, 5.41) is 5.22. The van der Waals surface area contributed by atoms with Gasteiger partial charge in [-0.1, -0.05) is 0 Å². The standard InChI is InChI=1S/C19H19NO2S/c1-20(10-13-5-6-23-12-13)19(21)9-16-11-22-18-8-15-4-2-3-14(15)7-17(16)18/h5-8,11-12H,2-4,9-10H2,1H3. The Kier molecular flexibility index (Phi) is 3.69. The maximum absolute atomic E-state index is 12.5. The first-order chi connectivity index (χ1) is 11.2. The maximum atomic E-state index is 12.5. The minimum atomic E-state index is 0.124. The molecule has 3 nitrogen and oxygen atoms in total. The summed E-state index contributed by atoms with van der Waals surface area (Å²) in [6.45, 7) is 0.660. The van der Waals surface area contributed by atoms with E-state index in [1.165, 1.54) is 23.1 Å². The molecule has 0 atom stereocenters. The molecular weight excluding hydrogens is 306 g/mol. The minimum Gasteiger partial charge on any atom is -0.464 e. The number of thiophene rings is 1. The van der Waals surface area contributed by atoms with Gasteiger partial charge in [-0.2, -0.15) is 11.3 Å². The summed E-state index contributed by atoms with van der Waals surface area (Å²) in [5.74, 6) is 0.124. The molecule has 1 aliphatic rings. The number of carbonyl (C=O) groups excluding carboxylic acids is 1. The van der Waals surface area contributed by atoms with Crippen LogP contribution < -0.4 is 0 Å². The fourth-order valence-electron chi connectivity index (χ4n) is 3.33. The van der Waals surface area contributed by atoms with Crippen LogP contribution in [0.25, 0.3) is 11.0 Å². The van der Waals surface area contributed by atoms with E-state index in [-0.39, 0.29) is 5.91 Å². The molecule has 4 heteroatoms. The van der Waals surface area contributed by atoms with Crippen molar-refractivity contribution in [2.24, 2.45) is 0 Å². The number of aryl methyl sites for hydroxylation is 2. The molecule has 0 saturated carbocycles. The molecule has 23 heavy (non-hydrogen) atoms. The van der Waals surface area contributed by atoms with Crippen molar-refractivity contribution in [1.82, 2.24) is 4.90 Å². The second-order valence-electron chi connectivity index (χ2n) is 6.29. The van der Waals surface area contributed by atoms with Crippen molar-refractivity contribution in [3.05, 3.63) is 57.5 Å². The Hall–Kier alpha value is -2.07. The third-order valence-electron chi connectivity index (χ3n) is 4.64. The average molecular weight is 325 g/mol. The molecule has 0 radical (unpaired) electrons. The largest absolute Gasteiger partial charge is 0.464 e. The number of amides is 1. The number of carbonyl (C=O) groups is 1. The van der Waals surface area contributed by atoms with Gasteiger partial charge in [0.25, 0.3) is 0 Å². The molecule has 0 N–H and O–H groups in total. The Bertz CT molecular complexity index is 848. The highest BCUT2D eigenvalue weighted by molar-refractivity contribution is 7.07. The number of rotatable bonds is 4. The van der Waals surface area contributed by atoms with E-state index in [1.807, 2.05) is 12.4 Å². The van der Waals surface area contributed by atoms with Gasteiger partial charge in [-0.25, -0.2) is 0 Å². The Balaban J connectivity index is 1.54. The van der Waals surface area contributed by atoms with E-state index < -0.39 is 0 Å². The smallest absolute Gasteiger partial charge is 0.227 e. The molecule has 0 bridgehead atoms. The molecule has 118 valence electrons. The lowest BCUT2D eigenvalue weighted by Crippen LogP contribution is -2.27. The highest BCUT2D eigenvalue weighted by atomic mass is 32.1. The molecule has 0 saturated heterocycles. The lowest BCUT2D eigenvalue weighted by molar-refractivity contribution is -0.129. The van der Waals surface area contributed by atoms with E-state index in [1.54, 1.807) is 22.5 Å². The molecule has 4 rings (SSSR count). The van der Waals surface area contributed by atoms with Gasteiger partial charge in [-0.15, -0.1) is 0 Å². The molecule has 0 aliphatic heterocycles. The highest BCUT2D eigenvalue weighted by Crippen LogP contribution is 2.30. The first kappa shape index (κ1) is 14.5. The van der Waals surface area contributed by atoms with Crippen LogP contribution in [0.3, 0.4) is 0 Å². The van der Waals surface area contributed by atoms with Crippen LogP contribution in [0.15, 0.2) is 39.6 Å². The quantitative estimate of drug-likeness (QED) is 0.721. The number of furan rings is 1. The Morgan fingerprint density at radius 1 is 1.30 bits per heavy atom. The van der Waals surface area contributed by atoms with Crippen LogP contribution in [-0.4, -0.2) is 17.9 Å². The molecule has 0 unspecified atom stereocenters. The third kappa shape index (κ3) is 2.79. The van der Waals surface area contributed by atoms with Crippen molar-refractivity contribution in [1.29, 1.82) is 0 Å². The first-order valence-electron chi connectivity index (χ1n) is 7.97. The van der Waals surface area contributed by atoms with Gasteiger partial charge in [0, 0.05) is 24.5 Å². The molecular formula is C19H19NO2S. The third-order valence-corrected chi connectivity index (χ3v) is 5.37. The van der Waals surface area contributed by atoms with Crippen LogP contribution in [0, 0.1) is 0 Å². The second kappa shape index (κ2) is 5.85. The summed E-state index contributed by atoms with van der Waals surface area (Å²) in [6.07, 6.45) is 5.65. The zero-order valence-corrected chi connectivity index (χ0v) is 14.0. The molecule has 1 aliphatic carbocycles. The molecule has 2 aromatic heterocycles. The van der Waals surface area contributed by atoms with Gasteiger partial charge >= 0.3 is 0 Å². The summed E-state index contributed by atoms with van der Waals surface area (Å²) >= 11 is 1.66. The van der Waals surface area contributed by atoms with Crippen molar-refractivity contribution in [2.75, 3.05) is 7.05 Å². The lowest BCUT2D eigenvalue weighted by atomic mass is 10.0. The van der Waals surface area contributed by atoms with Gasteiger partial charge in [-0.3, -0.25) is 4.79 Å². The van der Waals surface area contributed by atoms with Crippen molar-refractivity contribution >= 4 is 28.2 Å². The number of fused-ring (bicyclic) bond motifs is 2. The summed E-state index contributed by atoms with van der Waals surface area (Å²) < 4.78 is 5.69. The van der Waals surface area contributed by atoms with E-state index in [2.05, 4.69) is 23.6 Å². The Labute approximate surface area is 139 Å². The van der Waals surface area contributed by atoms with Crippen molar-refractivity contribution < 1.29 is 9.21 Å². The number of nitrogens with zero attached hydrogens (tertiary/aromatic N) is 1. The van der Waals surface area contributed by atoms with Crippen LogP contribution in [0.5, 0.6) is 0 Å². The van der Waals surface area contributed by atoms with E-state index >= 15 is 0 Å². The predicted octanol–water partition coefficient (Wildman–Crippen LogP) is 4.18. The van der Waals surface area contributed by atoms with Crippen LogP contribution >= 0.6 is 11.3 Å². The SMILES string of the molecule is CN(Cc1ccsc1)C(=O)Cc1coc2cc3c(cc12)CCC3. The van der Waals surface area contributed by atoms with Crippen LogP contribution in [0.2, 0.25) is 0 Å². The van der Waals surface area contributed by atoms with E-state index in [0.717, 1.165) is 29.4 Å². The molecule has 3 aromatic rings. The normalized spacial score (nSPS) is 13.4. The van der Waals surface area contributed by atoms with Gasteiger partial charge in [0.1, 0.15) is 5.58 Å². The Morgan fingerprint density at radius 3 is 2.91 bits per heavy atom. The zero-order valence-electron chi connectivity index (χ0n) is 13.2. The van der Waals surface area contributed by atoms with Crippen molar-refractivity contribution in [2.45, 2.75) is 32.2 Å². The van der Waals surface area contributed by atoms with Gasteiger partial charge in [0.05, 0.1) is 12.7 Å². The number of hydrogen-bond acceptors (Lipinski definition) is 3. The van der Waals surface area contributed by atoms with E-state index in [0.29, 0.717) is 13.0 Å². The van der Waals surface area contributed by atoms with Crippen molar-refractivity contribution in [3.63, 3.8) is 0 Å². The van der Waals surface area contributed by atoms with Crippen molar-refractivity contribution in [3.8, 4) is 0 Å². The van der Waals surface area contributed by atoms with E-state index in [4.69, 9.17) is 4.42 Å². The molecule has 0 fully saturated rings. The minimum absolute atomic E-state index is 0.124. The molecule has 1 amide bonds. The van der Waals surface area contributed by atoms with Gasteiger partial charge in [0.2, 0.25) is 5.91 Å². The van der Waals surface area contributed by atoms with Crippen LogP contribution in [0.1, 0.15) is 28.7 Å². The summed E-state index contributed by atoms with van der Waals surface area (Å²) in [7, 11) is 1.86. The fourth-order valence-corrected chi connectivity index (χ4v) is 3.99. The molecule has 2 heterocycles. The topological polar surface area (TPSA) is 33.5 Å². The van der Waals surface area contributed by atoms with E-state index in [9.17, 15) is 4.79 Å². The first-order valence-corrected chi connectivity index (χ1v) is 8.92. The van der Waals surface area contributed by atoms with Gasteiger partial charge in [-0.05, 0) is 64.9 Å². The predicted molar refractivity (Wildman–Crippen MR) is 92.7 cm³/mol. The summed E-state index contributed by atoms with van der Waals surface area (Å²) in [6, 6.07) is 6.44.